The first kappa shape index (κ1) is 7.44. The van der Waals surface area contributed by atoms with Crippen LogP contribution in [0.2, 0.25) is 0 Å². The minimum atomic E-state index is -0.389. The second-order valence-corrected chi connectivity index (χ2v) is 2.98. The fourth-order valence-corrected chi connectivity index (χ4v) is 1.49. The van der Waals surface area contributed by atoms with Crippen LogP contribution < -0.4 is 0 Å². The molecule has 0 fully saturated rings. The van der Waals surface area contributed by atoms with Gasteiger partial charge in [-0.05, 0) is 23.9 Å². The molecule has 0 aliphatic heterocycles. The zero-order chi connectivity index (χ0) is 7.56. The molecule has 54 valence electrons. The maximum absolute atomic E-state index is 10.8. The second-order valence-electron chi connectivity index (χ2n) is 2.07. The number of hydrogen-bond donors (Lipinski definition) is 1. The average Bonchev–Trinajstić information content (AvgIpc) is 2.34. The van der Waals surface area contributed by atoms with Crippen molar-refractivity contribution < 1.29 is 9.90 Å². The predicted molar refractivity (Wildman–Crippen MR) is 40.5 cm³/mol. The lowest BCUT2D eigenvalue weighted by Gasteiger charge is -1.86. The highest BCUT2D eigenvalue weighted by atomic mass is 32.1. The van der Waals surface area contributed by atoms with Crippen molar-refractivity contribution >= 4 is 17.1 Å². The number of ketones is 1. The van der Waals surface area contributed by atoms with Crippen LogP contribution in [0.5, 0.6) is 0 Å². The molecule has 0 aliphatic carbocycles. The van der Waals surface area contributed by atoms with Crippen LogP contribution in [-0.4, -0.2) is 17.5 Å². The van der Waals surface area contributed by atoms with Crippen LogP contribution in [0.25, 0.3) is 0 Å². The molecule has 0 unspecified atom stereocenters. The van der Waals surface area contributed by atoms with E-state index in [0.29, 0.717) is 4.88 Å². The highest BCUT2D eigenvalue weighted by molar-refractivity contribution is 7.12. The quantitative estimate of drug-likeness (QED) is 0.654. The molecule has 0 radical (unpaired) electrons. The van der Waals surface area contributed by atoms with Gasteiger partial charge < -0.3 is 5.11 Å². The van der Waals surface area contributed by atoms with E-state index in [-0.39, 0.29) is 12.4 Å². The van der Waals surface area contributed by atoms with Crippen LogP contribution in [-0.2, 0) is 0 Å². The molecule has 1 aromatic heterocycles. The van der Waals surface area contributed by atoms with E-state index in [0.717, 1.165) is 5.56 Å². The van der Waals surface area contributed by atoms with Gasteiger partial charge >= 0.3 is 0 Å². The molecule has 0 spiro atoms. The van der Waals surface area contributed by atoms with Gasteiger partial charge in [-0.25, -0.2) is 0 Å². The number of carbonyl (C=O) groups is 1. The van der Waals surface area contributed by atoms with Gasteiger partial charge in [-0.1, -0.05) is 0 Å². The Kier molecular flexibility index (Phi) is 2.19. The van der Waals surface area contributed by atoms with Gasteiger partial charge in [0.05, 0.1) is 4.88 Å². The molecule has 0 aromatic carbocycles. The molecule has 0 saturated heterocycles. The Morgan fingerprint density at radius 3 is 2.90 bits per heavy atom. The van der Waals surface area contributed by atoms with Crippen molar-refractivity contribution in [1.29, 1.82) is 0 Å². The molecule has 10 heavy (non-hydrogen) atoms. The summed E-state index contributed by atoms with van der Waals surface area (Å²) < 4.78 is 0. The third kappa shape index (κ3) is 1.43. The van der Waals surface area contributed by atoms with E-state index in [4.69, 9.17) is 5.11 Å². The summed E-state index contributed by atoms with van der Waals surface area (Å²) >= 11 is 1.37. The summed E-state index contributed by atoms with van der Waals surface area (Å²) in [5.74, 6) is -0.196. The normalized spacial score (nSPS) is 9.80. The number of aryl methyl sites for hydroxylation is 1. The number of rotatable bonds is 2. The van der Waals surface area contributed by atoms with Gasteiger partial charge in [0.1, 0.15) is 6.61 Å². The lowest BCUT2D eigenvalue weighted by Crippen LogP contribution is -2.00. The zero-order valence-corrected chi connectivity index (χ0v) is 6.44. The summed E-state index contributed by atoms with van der Waals surface area (Å²) in [5.41, 5.74) is 1.07. The lowest BCUT2D eigenvalue weighted by molar-refractivity contribution is 0.0908. The Hall–Kier alpha value is -0.670. The average molecular weight is 156 g/mol. The summed E-state index contributed by atoms with van der Waals surface area (Å²) in [6.45, 7) is 1.53. The Balaban J connectivity index is 2.85. The molecule has 3 heteroatoms. The topological polar surface area (TPSA) is 37.3 Å². The van der Waals surface area contributed by atoms with E-state index >= 15 is 0 Å². The predicted octanol–water partition coefficient (Wildman–Crippen LogP) is 1.23. The smallest absolute Gasteiger partial charge is 0.198 e. The number of Topliss-reactive ketones (excluding diaryl/α,β-unsaturated/α-hetero) is 1. The summed E-state index contributed by atoms with van der Waals surface area (Å²) in [5, 5.41) is 10.3. The Bertz CT molecular complexity index is 240. The third-order valence-electron chi connectivity index (χ3n) is 1.15. The Morgan fingerprint density at radius 1 is 1.80 bits per heavy atom. The lowest BCUT2D eigenvalue weighted by atomic mass is 10.3. The molecule has 1 N–H and O–H groups in total. The zero-order valence-electron chi connectivity index (χ0n) is 5.63. The number of hydrogen-bond acceptors (Lipinski definition) is 3. The highest BCUT2D eigenvalue weighted by Crippen LogP contribution is 2.13. The summed E-state index contributed by atoms with van der Waals surface area (Å²) in [6, 6.07) is 1.78. The van der Waals surface area contributed by atoms with Crippen molar-refractivity contribution in [3.05, 3.63) is 21.9 Å². The monoisotopic (exact) mass is 156 g/mol. The number of aliphatic hydroxyl groups excluding tert-OH is 1. The van der Waals surface area contributed by atoms with Crippen LogP contribution in [0.15, 0.2) is 11.4 Å². The first-order valence-corrected chi connectivity index (χ1v) is 3.81. The SMILES string of the molecule is Cc1csc(C(=O)CO)c1. The van der Waals surface area contributed by atoms with E-state index in [9.17, 15) is 4.79 Å². The van der Waals surface area contributed by atoms with Crippen LogP contribution in [0.3, 0.4) is 0 Å². The molecule has 0 bridgehead atoms. The molecule has 0 aliphatic rings. The number of aliphatic hydroxyl groups is 1. The van der Waals surface area contributed by atoms with E-state index in [1.54, 1.807) is 6.07 Å². The molecule has 1 aromatic rings. The maximum atomic E-state index is 10.8. The number of thiophene rings is 1. The molecular weight excluding hydrogens is 148 g/mol. The number of carbonyl (C=O) groups excluding carboxylic acids is 1. The van der Waals surface area contributed by atoms with Crippen LogP contribution in [0.1, 0.15) is 15.2 Å². The molecule has 2 nitrogen and oxygen atoms in total. The van der Waals surface area contributed by atoms with Gasteiger partial charge in [-0.2, -0.15) is 0 Å². The Morgan fingerprint density at radius 2 is 2.50 bits per heavy atom. The molecule has 0 atom stereocenters. The maximum Gasteiger partial charge on any atom is 0.198 e. The fourth-order valence-electron chi connectivity index (χ4n) is 0.655. The molecule has 1 rings (SSSR count). The minimum Gasteiger partial charge on any atom is -0.388 e. The molecule has 1 heterocycles. The van der Waals surface area contributed by atoms with Crippen molar-refractivity contribution in [2.24, 2.45) is 0 Å². The fraction of sp³-hybridized carbons (Fsp3) is 0.286. The van der Waals surface area contributed by atoms with Gasteiger partial charge in [0.2, 0.25) is 0 Å². The van der Waals surface area contributed by atoms with Gasteiger partial charge in [0.15, 0.2) is 5.78 Å². The standard InChI is InChI=1S/C7H8O2S/c1-5-2-7(10-4-5)6(9)3-8/h2,4,8H,3H2,1H3. The van der Waals surface area contributed by atoms with Crippen LogP contribution in [0.4, 0.5) is 0 Å². The van der Waals surface area contributed by atoms with Crippen molar-refractivity contribution in [3.8, 4) is 0 Å². The minimum absolute atomic E-state index is 0.196. The first-order chi connectivity index (χ1) is 4.74. The molecular formula is C7H8O2S. The van der Waals surface area contributed by atoms with Crippen LogP contribution in [0, 0.1) is 6.92 Å². The largest absolute Gasteiger partial charge is 0.388 e. The molecule has 0 amide bonds. The highest BCUT2D eigenvalue weighted by Gasteiger charge is 2.04. The van der Waals surface area contributed by atoms with Gasteiger partial charge in [-0.15, -0.1) is 11.3 Å². The summed E-state index contributed by atoms with van der Waals surface area (Å²) in [7, 11) is 0. The second kappa shape index (κ2) is 2.94. The van der Waals surface area contributed by atoms with Gasteiger partial charge in [0.25, 0.3) is 0 Å². The third-order valence-corrected chi connectivity index (χ3v) is 2.24. The summed E-state index contributed by atoms with van der Waals surface area (Å²) in [6.07, 6.45) is 0. The van der Waals surface area contributed by atoms with Crippen molar-refractivity contribution in [2.45, 2.75) is 6.92 Å². The van der Waals surface area contributed by atoms with Gasteiger partial charge in [0, 0.05) is 0 Å². The van der Waals surface area contributed by atoms with Crippen LogP contribution >= 0.6 is 11.3 Å². The van der Waals surface area contributed by atoms with E-state index in [1.165, 1.54) is 11.3 Å². The molecule has 0 saturated carbocycles. The van der Waals surface area contributed by atoms with E-state index in [2.05, 4.69) is 0 Å². The van der Waals surface area contributed by atoms with Crippen molar-refractivity contribution in [3.63, 3.8) is 0 Å². The van der Waals surface area contributed by atoms with Gasteiger partial charge in [-0.3, -0.25) is 4.79 Å². The summed E-state index contributed by atoms with van der Waals surface area (Å²) in [4.78, 5) is 11.4. The van der Waals surface area contributed by atoms with E-state index < -0.39 is 0 Å². The first-order valence-electron chi connectivity index (χ1n) is 2.93. The Labute approximate surface area is 63.1 Å². The van der Waals surface area contributed by atoms with Crippen molar-refractivity contribution in [1.82, 2.24) is 0 Å². The van der Waals surface area contributed by atoms with E-state index in [1.807, 2.05) is 12.3 Å². The van der Waals surface area contributed by atoms with Crippen molar-refractivity contribution in [2.75, 3.05) is 6.61 Å².